The number of rotatable bonds is 5. The van der Waals surface area contributed by atoms with E-state index in [2.05, 4.69) is 10.1 Å². The maximum Gasteiger partial charge on any atom is 0.335 e. The Labute approximate surface area is 158 Å². The highest BCUT2D eigenvalue weighted by molar-refractivity contribution is 5.87. The van der Waals surface area contributed by atoms with Gasteiger partial charge in [-0.3, -0.25) is 4.90 Å². The van der Waals surface area contributed by atoms with Gasteiger partial charge in [-0.25, -0.2) is 4.79 Å². The second-order valence-electron chi connectivity index (χ2n) is 7.05. The predicted molar refractivity (Wildman–Crippen MR) is 103 cm³/mol. The highest BCUT2D eigenvalue weighted by atomic mass is 16.5. The third kappa shape index (κ3) is 4.09. The number of benzene rings is 2. The van der Waals surface area contributed by atoms with Gasteiger partial charge in [-0.1, -0.05) is 47.6 Å². The van der Waals surface area contributed by atoms with Crippen molar-refractivity contribution in [2.24, 2.45) is 0 Å². The minimum Gasteiger partial charge on any atom is -0.478 e. The van der Waals surface area contributed by atoms with E-state index in [1.807, 2.05) is 48.5 Å². The topological polar surface area (TPSA) is 66.6 Å². The normalized spacial score (nSPS) is 17.7. The van der Waals surface area contributed by atoms with Gasteiger partial charge in [0.25, 0.3) is 0 Å². The summed E-state index contributed by atoms with van der Waals surface area (Å²) in [5, 5.41) is 13.4. The molecule has 27 heavy (non-hydrogen) atoms. The zero-order valence-electron chi connectivity index (χ0n) is 15.0. The van der Waals surface area contributed by atoms with Crippen LogP contribution in [0.25, 0.3) is 11.3 Å². The van der Waals surface area contributed by atoms with Crippen LogP contribution in [0.5, 0.6) is 0 Å². The maximum atomic E-state index is 11.2. The van der Waals surface area contributed by atoms with E-state index in [-0.39, 0.29) is 0 Å². The smallest absolute Gasteiger partial charge is 0.335 e. The molecule has 4 rings (SSSR count). The van der Waals surface area contributed by atoms with E-state index >= 15 is 0 Å². The molecular weight excluding hydrogens is 340 g/mol. The fourth-order valence-corrected chi connectivity index (χ4v) is 3.75. The van der Waals surface area contributed by atoms with Gasteiger partial charge in [0.05, 0.1) is 12.1 Å². The first kappa shape index (κ1) is 17.5. The van der Waals surface area contributed by atoms with Crippen LogP contribution in [0, 0.1) is 0 Å². The molecule has 1 unspecified atom stereocenters. The third-order valence-corrected chi connectivity index (χ3v) is 5.12. The van der Waals surface area contributed by atoms with E-state index in [0.29, 0.717) is 11.5 Å². The Morgan fingerprint density at radius 2 is 2.00 bits per heavy atom. The fraction of sp³-hybridized carbons (Fsp3) is 0.273. The van der Waals surface area contributed by atoms with Gasteiger partial charge in [0, 0.05) is 18.2 Å². The van der Waals surface area contributed by atoms with Crippen molar-refractivity contribution in [1.82, 2.24) is 10.1 Å². The SMILES string of the molecule is O=C(O)c1cccc(C2CCCN(Cc3cc(-c4ccccc4)no3)C2)c1. The first-order valence-electron chi connectivity index (χ1n) is 9.25. The third-order valence-electron chi connectivity index (χ3n) is 5.12. The van der Waals surface area contributed by atoms with E-state index < -0.39 is 5.97 Å². The van der Waals surface area contributed by atoms with E-state index in [9.17, 15) is 9.90 Å². The molecule has 0 radical (unpaired) electrons. The molecule has 0 aliphatic carbocycles. The number of nitrogens with zero attached hydrogens (tertiary/aromatic N) is 2. The molecule has 0 saturated carbocycles. The summed E-state index contributed by atoms with van der Waals surface area (Å²) in [5.74, 6) is 0.322. The van der Waals surface area contributed by atoms with Gasteiger partial charge in [-0.15, -0.1) is 0 Å². The van der Waals surface area contributed by atoms with Gasteiger partial charge >= 0.3 is 5.97 Å². The van der Waals surface area contributed by atoms with Crippen molar-refractivity contribution in [2.75, 3.05) is 13.1 Å². The Morgan fingerprint density at radius 3 is 2.81 bits per heavy atom. The molecule has 0 amide bonds. The summed E-state index contributed by atoms with van der Waals surface area (Å²) in [6, 6.07) is 19.3. The van der Waals surface area contributed by atoms with Crippen LogP contribution >= 0.6 is 0 Å². The van der Waals surface area contributed by atoms with Gasteiger partial charge < -0.3 is 9.63 Å². The number of carboxylic acids is 1. The Bertz CT molecular complexity index is 920. The van der Waals surface area contributed by atoms with Crippen LogP contribution in [0.4, 0.5) is 0 Å². The number of aromatic carboxylic acids is 1. The van der Waals surface area contributed by atoms with Gasteiger partial charge in [-0.2, -0.15) is 0 Å². The monoisotopic (exact) mass is 362 g/mol. The number of carbonyl (C=O) groups is 1. The zero-order valence-corrected chi connectivity index (χ0v) is 15.0. The lowest BCUT2D eigenvalue weighted by Crippen LogP contribution is -2.33. The summed E-state index contributed by atoms with van der Waals surface area (Å²) in [7, 11) is 0. The van der Waals surface area contributed by atoms with Gasteiger partial charge in [-0.05, 0) is 43.0 Å². The Balaban J connectivity index is 1.44. The summed E-state index contributed by atoms with van der Waals surface area (Å²) in [5.41, 5.74) is 3.36. The molecule has 5 heteroatoms. The summed E-state index contributed by atoms with van der Waals surface area (Å²) in [4.78, 5) is 13.6. The molecule has 5 nitrogen and oxygen atoms in total. The number of hydrogen-bond donors (Lipinski definition) is 1. The van der Waals surface area contributed by atoms with Crippen LogP contribution in [0.3, 0.4) is 0 Å². The van der Waals surface area contributed by atoms with Crippen molar-refractivity contribution in [3.8, 4) is 11.3 Å². The van der Waals surface area contributed by atoms with Crippen molar-refractivity contribution in [2.45, 2.75) is 25.3 Å². The first-order valence-corrected chi connectivity index (χ1v) is 9.25. The highest BCUT2D eigenvalue weighted by Gasteiger charge is 2.23. The van der Waals surface area contributed by atoms with Crippen LogP contribution in [-0.4, -0.2) is 34.2 Å². The van der Waals surface area contributed by atoms with Crippen LogP contribution < -0.4 is 0 Å². The van der Waals surface area contributed by atoms with Crippen molar-refractivity contribution in [3.05, 3.63) is 77.6 Å². The molecule has 1 atom stereocenters. The van der Waals surface area contributed by atoms with Crippen LogP contribution in [0.2, 0.25) is 0 Å². The maximum absolute atomic E-state index is 11.2. The molecule has 1 aliphatic heterocycles. The average Bonchev–Trinajstić information content (AvgIpc) is 3.17. The second-order valence-corrected chi connectivity index (χ2v) is 7.05. The van der Waals surface area contributed by atoms with Crippen molar-refractivity contribution in [3.63, 3.8) is 0 Å². The van der Waals surface area contributed by atoms with Crippen molar-refractivity contribution < 1.29 is 14.4 Å². The number of likely N-dealkylation sites (tertiary alicyclic amines) is 1. The summed E-state index contributed by atoms with van der Waals surface area (Å²) in [6.45, 7) is 2.62. The van der Waals surface area contributed by atoms with E-state index in [1.54, 1.807) is 12.1 Å². The van der Waals surface area contributed by atoms with E-state index in [4.69, 9.17) is 4.52 Å². The molecule has 2 heterocycles. The number of carboxylic acid groups (broad SMARTS) is 1. The largest absolute Gasteiger partial charge is 0.478 e. The molecule has 1 aromatic heterocycles. The molecule has 3 aromatic rings. The first-order chi connectivity index (χ1) is 13.2. The lowest BCUT2D eigenvalue weighted by Gasteiger charge is -2.32. The molecule has 0 spiro atoms. The van der Waals surface area contributed by atoms with Crippen LogP contribution in [0.15, 0.2) is 65.2 Å². The molecule has 1 saturated heterocycles. The minimum atomic E-state index is -0.875. The standard InChI is InChI=1S/C22H22N2O3/c25-22(26)18-9-4-8-17(12-18)19-10-5-11-24(14-19)15-20-13-21(23-27-20)16-6-2-1-3-7-16/h1-4,6-9,12-13,19H,5,10-11,14-15H2,(H,25,26). The summed E-state index contributed by atoms with van der Waals surface area (Å²) < 4.78 is 5.54. The summed E-state index contributed by atoms with van der Waals surface area (Å²) >= 11 is 0. The van der Waals surface area contributed by atoms with E-state index in [1.165, 1.54) is 0 Å². The molecule has 2 aromatic carbocycles. The fourth-order valence-electron chi connectivity index (χ4n) is 3.75. The molecular formula is C22H22N2O3. The summed E-state index contributed by atoms with van der Waals surface area (Å²) in [6.07, 6.45) is 2.16. The minimum absolute atomic E-state index is 0.342. The van der Waals surface area contributed by atoms with Gasteiger partial charge in [0.2, 0.25) is 0 Å². The Kier molecular flexibility index (Phi) is 5.03. The highest BCUT2D eigenvalue weighted by Crippen LogP contribution is 2.29. The Hall–Kier alpha value is -2.92. The van der Waals surface area contributed by atoms with Crippen LogP contribution in [-0.2, 0) is 6.54 Å². The molecule has 138 valence electrons. The van der Waals surface area contributed by atoms with Gasteiger partial charge in [0.15, 0.2) is 5.76 Å². The molecule has 1 N–H and O–H groups in total. The lowest BCUT2D eigenvalue weighted by atomic mass is 9.89. The van der Waals surface area contributed by atoms with Crippen molar-refractivity contribution >= 4 is 5.97 Å². The Morgan fingerprint density at radius 1 is 1.15 bits per heavy atom. The average molecular weight is 362 g/mol. The lowest BCUT2D eigenvalue weighted by molar-refractivity contribution is 0.0696. The van der Waals surface area contributed by atoms with Crippen molar-refractivity contribution in [1.29, 1.82) is 0 Å². The zero-order chi connectivity index (χ0) is 18.6. The number of hydrogen-bond acceptors (Lipinski definition) is 4. The van der Waals surface area contributed by atoms with Gasteiger partial charge in [0.1, 0.15) is 5.69 Å². The second kappa shape index (κ2) is 7.76. The van der Waals surface area contributed by atoms with E-state index in [0.717, 1.165) is 55.1 Å². The number of piperidine rings is 1. The van der Waals surface area contributed by atoms with Crippen LogP contribution in [0.1, 0.15) is 40.4 Å². The molecule has 1 fully saturated rings. The predicted octanol–water partition coefficient (Wildman–Crippen LogP) is 4.42. The molecule has 1 aliphatic rings. The number of aromatic nitrogens is 1. The quantitative estimate of drug-likeness (QED) is 0.728. The molecule has 0 bridgehead atoms.